The van der Waals surface area contributed by atoms with Gasteiger partial charge in [0.1, 0.15) is 12.3 Å². The summed E-state index contributed by atoms with van der Waals surface area (Å²) in [5.74, 6) is -2.22. The summed E-state index contributed by atoms with van der Waals surface area (Å²) in [6, 6.07) is 18.7. The summed E-state index contributed by atoms with van der Waals surface area (Å²) in [5, 5.41) is 23.1. The smallest absolute Gasteiger partial charge is 0.316 e. The van der Waals surface area contributed by atoms with E-state index in [1.807, 2.05) is 44.2 Å². The Labute approximate surface area is 261 Å². The molecule has 12 heteroatoms. The fraction of sp³-hybridized carbons (Fsp3) is 0.394. The molecule has 2 N–H and O–H groups in total. The van der Waals surface area contributed by atoms with Gasteiger partial charge in [-0.3, -0.25) is 34.4 Å². The van der Waals surface area contributed by atoms with E-state index < -0.39 is 33.7 Å². The van der Waals surface area contributed by atoms with Crippen LogP contribution in [-0.2, 0) is 24.5 Å². The van der Waals surface area contributed by atoms with Crippen LogP contribution in [0, 0.1) is 16.0 Å². The maximum absolute atomic E-state index is 13.3. The third-order valence-electron chi connectivity index (χ3n) is 8.68. The average Bonchev–Trinajstić information content (AvgIpc) is 3.07. The molecule has 0 bridgehead atoms. The lowest BCUT2D eigenvalue weighted by molar-refractivity contribution is -0.384. The van der Waals surface area contributed by atoms with Crippen LogP contribution in [0.25, 0.3) is 11.1 Å². The van der Waals surface area contributed by atoms with E-state index in [1.165, 1.54) is 25.4 Å². The van der Waals surface area contributed by atoms with Gasteiger partial charge < -0.3 is 19.9 Å². The Morgan fingerprint density at radius 3 is 2.33 bits per heavy atom. The molecule has 1 aliphatic heterocycles. The summed E-state index contributed by atoms with van der Waals surface area (Å²) in [6.07, 6.45) is 2.41. The van der Waals surface area contributed by atoms with Gasteiger partial charge in [0.2, 0.25) is 0 Å². The Morgan fingerprint density at radius 2 is 1.73 bits per heavy atom. The Bertz CT molecular complexity index is 1500. The number of nitrogens with zero attached hydrogens (tertiary/aromatic N) is 3. The number of rotatable bonds is 12. The Kier molecular flexibility index (Phi) is 10.6. The number of esters is 2. The molecule has 3 aromatic rings. The number of carbonyl (C=O) groups excluding carboxylic acids is 3. The van der Waals surface area contributed by atoms with Crippen LogP contribution in [0.4, 0.5) is 5.69 Å². The first kappa shape index (κ1) is 33.2. The van der Waals surface area contributed by atoms with Crippen molar-refractivity contribution in [3.05, 3.63) is 94.3 Å². The van der Waals surface area contributed by atoms with E-state index in [-0.39, 0.29) is 37.1 Å². The highest BCUT2D eigenvalue weighted by Gasteiger charge is 2.49. The van der Waals surface area contributed by atoms with Crippen molar-refractivity contribution in [1.82, 2.24) is 15.2 Å². The summed E-state index contributed by atoms with van der Waals surface area (Å²) in [5.41, 5.74) is 0.630. The number of hydrogen-bond donors (Lipinski definition) is 2. The van der Waals surface area contributed by atoms with Crippen LogP contribution in [0.15, 0.2) is 72.9 Å². The Balaban J connectivity index is 1.51. The molecular formula is C33H38N4O8. The van der Waals surface area contributed by atoms with Crippen molar-refractivity contribution in [1.29, 1.82) is 0 Å². The quantitative estimate of drug-likeness (QED) is 0.175. The zero-order valence-corrected chi connectivity index (χ0v) is 25.6. The molecule has 1 saturated heterocycles. The van der Waals surface area contributed by atoms with Gasteiger partial charge in [0.05, 0.1) is 30.0 Å². The van der Waals surface area contributed by atoms with E-state index in [9.17, 15) is 29.6 Å². The Morgan fingerprint density at radius 1 is 1.07 bits per heavy atom. The molecule has 0 saturated carbocycles. The molecule has 1 unspecified atom stereocenters. The van der Waals surface area contributed by atoms with E-state index in [4.69, 9.17) is 9.47 Å². The molecular weight excluding hydrogens is 580 g/mol. The van der Waals surface area contributed by atoms with Gasteiger partial charge in [0.15, 0.2) is 0 Å². The predicted octanol–water partition coefficient (Wildman–Crippen LogP) is 3.52. The molecule has 2 heterocycles. The largest absolute Gasteiger partial charge is 0.468 e. The molecule has 1 atom stereocenters. The number of likely N-dealkylation sites (tertiary alicyclic amines) is 1. The molecule has 1 amide bonds. The monoisotopic (exact) mass is 618 g/mol. The molecule has 1 fully saturated rings. The third kappa shape index (κ3) is 7.35. The van der Waals surface area contributed by atoms with Gasteiger partial charge in [0, 0.05) is 43.5 Å². The van der Waals surface area contributed by atoms with E-state index in [0.29, 0.717) is 37.1 Å². The number of pyridine rings is 1. The van der Waals surface area contributed by atoms with Crippen LogP contribution >= 0.6 is 0 Å². The van der Waals surface area contributed by atoms with Crippen molar-refractivity contribution in [2.75, 3.05) is 40.0 Å². The SMILES string of the molecule is COC(=O)C1(c2ccccc2)CCN(C(C)(C)C(CNC(=O)c2cc(-c3ccc([N+](=O)[O-])cc3)ccn2)C(=O)OCCO)CC1. The number of non-ortho nitro benzene ring substituents is 1. The zero-order chi connectivity index (χ0) is 32.6. The molecule has 12 nitrogen and oxygen atoms in total. The van der Waals surface area contributed by atoms with Crippen molar-refractivity contribution < 1.29 is 33.9 Å². The van der Waals surface area contributed by atoms with Crippen LogP contribution in [0.5, 0.6) is 0 Å². The second-order valence-corrected chi connectivity index (χ2v) is 11.5. The minimum atomic E-state index is -0.826. The number of nitro benzene ring substituents is 1. The van der Waals surface area contributed by atoms with Crippen molar-refractivity contribution in [2.45, 2.75) is 37.6 Å². The number of nitro groups is 1. The molecule has 45 heavy (non-hydrogen) atoms. The van der Waals surface area contributed by atoms with Crippen molar-refractivity contribution in [3.8, 4) is 11.1 Å². The number of methoxy groups -OCH3 is 1. The van der Waals surface area contributed by atoms with Gasteiger partial charge >= 0.3 is 11.9 Å². The molecule has 238 valence electrons. The topological polar surface area (TPSA) is 161 Å². The zero-order valence-electron chi connectivity index (χ0n) is 25.6. The van der Waals surface area contributed by atoms with Gasteiger partial charge in [0.25, 0.3) is 11.6 Å². The lowest BCUT2D eigenvalue weighted by Crippen LogP contribution is -2.60. The van der Waals surface area contributed by atoms with E-state index in [2.05, 4.69) is 15.2 Å². The number of piperidine rings is 1. The summed E-state index contributed by atoms with van der Waals surface area (Å²) in [7, 11) is 1.38. The number of aliphatic hydroxyl groups is 1. The van der Waals surface area contributed by atoms with Crippen molar-refractivity contribution >= 4 is 23.5 Å². The van der Waals surface area contributed by atoms with Crippen molar-refractivity contribution in [3.63, 3.8) is 0 Å². The molecule has 1 aromatic heterocycles. The van der Waals surface area contributed by atoms with Gasteiger partial charge in [-0.2, -0.15) is 0 Å². The molecule has 4 rings (SSSR count). The van der Waals surface area contributed by atoms with Gasteiger partial charge in [-0.25, -0.2) is 0 Å². The van der Waals surface area contributed by atoms with Gasteiger partial charge in [-0.15, -0.1) is 0 Å². The molecule has 2 aromatic carbocycles. The molecule has 0 spiro atoms. The number of nitrogens with one attached hydrogen (secondary N) is 1. The maximum atomic E-state index is 13.3. The van der Waals surface area contributed by atoms with Crippen LogP contribution in [-0.4, -0.2) is 83.3 Å². The maximum Gasteiger partial charge on any atom is 0.316 e. The average molecular weight is 619 g/mol. The minimum absolute atomic E-state index is 0.0442. The highest BCUT2D eigenvalue weighted by molar-refractivity contribution is 5.93. The first-order chi connectivity index (χ1) is 21.5. The standard InChI is InChI=1S/C33H38N4O8/c1-32(2,36-17-14-33(15-18-36,31(41)44-3)25-7-5-4-6-8-25)27(30(40)45-20-19-38)22-35-29(39)28-21-24(13-16-34-28)23-9-11-26(12-10-23)37(42)43/h4-13,16,21,27,38H,14-15,17-20,22H2,1-3H3,(H,35,39). The first-order valence-electron chi connectivity index (χ1n) is 14.7. The molecule has 0 aliphatic carbocycles. The molecule has 0 radical (unpaired) electrons. The number of amides is 1. The Hall–Kier alpha value is -4.68. The van der Waals surface area contributed by atoms with Crippen molar-refractivity contribution in [2.24, 2.45) is 5.92 Å². The lowest BCUT2D eigenvalue weighted by Gasteiger charge is -2.49. The fourth-order valence-corrected chi connectivity index (χ4v) is 5.91. The summed E-state index contributed by atoms with van der Waals surface area (Å²) >= 11 is 0. The molecule has 1 aliphatic rings. The summed E-state index contributed by atoms with van der Waals surface area (Å²) in [6.45, 7) is 4.15. The van der Waals surface area contributed by atoms with E-state index in [1.54, 1.807) is 24.3 Å². The fourth-order valence-electron chi connectivity index (χ4n) is 5.91. The predicted molar refractivity (Wildman–Crippen MR) is 165 cm³/mol. The van der Waals surface area contributed by atoms with Crippen LogP contribution in [0.3, 0.4) is 0 Å². The second-order valence-electron chi connectivity index (χ2n) is 11.5. The third-order valence-corrected chi connectivity index (χ3v) is 8.68. The number of ether oxygens (including phenoxy) is 2. The lowest BCUT2D eigenvalue weighted by atomic mass is 9.71. The first-order valence-corrected chi connectivity index (χ1v) is 14.7. The van der Waals surface area contributed by atoms with E-state index in [0.717, 1.165) is 5.56 Å². The van der Waals surface area contributed by atoms with Crippen LogP contribution in [0.1, 0.15) is 42.7 Å². The highest BCUT2D eigenvalue weighted by atomic mass is 16.6. The minimum Gasteiger partial charge on any atom is -0.468 e. The second kappa shape index (κ2) is 14.4. The van der Waals surface area contributed by atoms with Gasteiger partial charge in [-0.1, -0.05) is 30.3 Å². The number of hydrogen-bond acceptors (Lipinski definition) is 10. The van der Waals surface area contributed by atoms with Crippen LogP contribution in [0.2, 0.25) is 0 Å². The normalized spacial score (nSPS) is 15.5. The summed E-state index contributed by atoms with van der Waals surface area (Å²) in [4.78, 5) is 56.4. The number of aromatic nitrogens is 1. The van der Waals surface area contributed by atoms with Crippen LogP contribution < -0.4 is 5.32 Å². The summed E-state index contributed by atoms with van der Waals surface area (Å²) < 4.78 is 10.6. The number of benzene rings is 2. The highest BCUT2D eigenvalue weighted by Crippen LogP contribution is 2.40. The van der Waals surface area contributed by atoms with Gasteiger partial charge in [-0.05, 0) is 67.6 Å². The van der Waals surface area contributed by atoms with E-state index >= 15 is 0 Å². The number of carbonyl (C=O) groups is 3. The number of aliphatic hydroxyl groups excluding tert-OH is 1.